The lowest BCUT2D eigenvalue weighted by Crippen LogP contribution is -2.20. The van der Waals surface area contributed by atoms with Gasteiger partial charge in [-0.05, 0) is 25.8 Å². The van der Waals surface area contributed by atoms with Crippen molar-refractivity contribution in [1.82, 2.24) is 5.32 Å². The van der Waals surface area contributed by atoms with E-state index in [1.54, 1.807) is 0 Å². The number of alkyl halides is 1. The molecule has 1 saturated heterocycles. The van der Waals surface area contributed by atoms with Crippen molar-refractivity contribution < 1.29 is 4.39 Å². The number of nitrogens with one attached hydrogen (secondary N) is 1. The molecule has 0 radical (unpaired) electrons. The van der Waals surface area contributed by atoms with E-state index in [1.165, 1.54) is 0 Å². The van der Waals surface area contributed by atoms with Crippen molar-refractivity contribution in [2.75, 3.05) is 13.1 Å². The Morgan fingerprint density at radius 1 is 1.38 bits per heavy atom. The molecule has 8 heavy (non-hydrogen) atoms. The van der Waals surface area contributed by atoms with Gasteiger partial charge in [-0.15, -0.1) is 0 Å². The molecule has 0 aromatic heterocycles. The molecule has 1 aliphatic heterocycles. The van der Waals surface area contributed by atoms with E-state index in [9.17, 15) is 4.39 Å². The first-order chi connectivity index (χ1) is 3.89. The second kappa shape index (κ2) is 3.02. The monoisotopic (exact) mass is 117 g/mol. The van der Waals surface area contributed by atoms with E-state index < -0.39 is 6.17 Å². The van der Waals surface area contributed by atoms with Crippen LogP contribution in [0, 0.1) is 0 Å². The summed E-state index contributed by atoms with van der Waals surface area (Å²) >= 11 is 0. The van der Waals surface area contributed by atoms with Gasteiger partial charge in [0, 0.05) is 6.54 Å². The molecule has 2 heteroatoms. The standard InChI is InChI=1S/C6H12FN/c7-6-3-1-2-4-8-5-6/h6,8H,1-5H2/t6-/m0/s1. The summed E-state index contributed by atoms with van der Waals surface area (Å²) in [5, 5.41) is 3.02. The van der Waals surface area contributed by atoms with Gasteiger partial charge in [0.15, 0.2) is 0 Å². The predicted molar refractivity (Wildman–Crippen MR) is 31.6 cm³/mol. The molecule has 1 atom stereocenters. The minimum atomic E-state index is -0.586. The highest BCUT2D eigenvalue weighted by Crippen LogP contribution is 2.06. The lowest BCUT2D eigenvalue weighted by molar-refractivity contribution is 0.314. The first-order valence-corrected chi connectivity index (χ1v) is 3.24. The minimum absolute atomic E-state index is 0.569. The van der Waals surface area contributed by atoms with E-state index in [4.69, 9.17) is 0 Å². The van der Waals surface area contributed by atoms with E-state index in [-0.39, 0.29) is 0 Å². The normalized spacial score (nSPS) is 31.9. The van der Waals surface area contributed by atoms with Crippen LogP contribution in [0.2, 0.25) is 0 Å². The van der Waals surface area contributed by atoms with Gasteiger partial charge in [-0.2, -0.15) is 0 Å². The smallest absolute Gasteiger partial charge is 0.112 e. The summed E-state index contributed by atoms with van der Waals surface area (Å²) in [6, 6.07) is 0. The minimum Gasteiger partial charge on any atom is -0.314 e. The van der Waals surface area contributed by atoms with Crippen LogP contribution >= 0.6 is 0 Å². The average Bonchev–Trinajstić information content (AvgIpc) is 1.94. The number of rotatable bonds is 0. The SMILES string of the molecule is F[C@H]1CCCCNC1. The van der Waals surface area contributed by atoms with Crippen LogP contribution in [0.3, 0.4) is 0 Å². The maximum absolute atomic E-state index is 12.4. The summed E-state index contributed by atoms with van der Waals surface area (Å²) in [6.07, 6.45) is 2.36. The fourth-order valence-electron chi connectivity index (χ4n) is 0.977. The summed E-state index contributed by atoms with van der Waals surface area (Å²) in [6.45, 7) is 1.57. The van der Waals surface area contributed by atoms with E-state index >= 15 is 0 Å². The van der Waals surface area contributed by atoms with Crippen molar-refractivity contribution in [1.29, 1.82) is 0 Å². The Balaban J connectivity index is 2.17. The van der Waals surface area contributed by atoms with Crippen molar-refractivity contribution >= 4 is 0 Å². The van der Waals surface area contributed by atoms with Crippen molar-refractivity contribution in [2.45, 2.75) is 25.4 Å². The second-order valence-corrected chi connectivity index (χ2v) is 2.30. The highest BCUT2D eigenvalue weighted by molar-refractivity contribution is 4.64. The zero-order valence-corrected chi connectivity index (χ0v) is 4.99. The third-order valence-corrected chi connectivity index (χ3v) is 1.49. The number of hydrogen-bond donors (Lipinski definition) is 1. The van der Waals surface area contributed by atoms with Gasteiger partial charge in [-0.25, -0.2) is 4.39 Å². The third-order valence-electron chi connectivity index (χ3n) is 1.49. The highest BCUT2D eigenvalue weighted by Gasteiger charge is 2.07. The molecule has 0 aromatic carbocycles. The molecule has 0 amide bonds. The molecule has 48 valence electrons. The summed E-state index contributed by atoms with van der Waals surface area (Å²) < 4.78 is 12.4. The van der Waals surface area contributed by atoms with E-state index in [2.05, 4.69) is 5.32 Å². The summed E-state index contributed by atoms with van der Waals surface area (Å²) in [5.41, 5.74) is 0. The summed E-state index contributed by atoms with van der Waals surface area (Å²) in [5.74, 6) is 0. The van der Waals surface area contributed by atoms with Gasteiger partial charge < -0.3 is 5.32 Å². The molecule has 1 rings (SSSR count). The predicted octanol–water partition coefficient (Wildman–Crippen LogP) is 1.10. The lowest BCUT2D eigenvalue weighted by Gasteiger charge is -1.99. The van der Waals surface area contributed by atoms with Gasteiger partial charge in [0.1, 0.15) is 6.17 Å². The van der Waals surface area contributed by atoms with Gasteiger partial charge in [0.2, 0.25) is 0 Å². The Bertz CT molecular complexity index is 57.5. The molecule has 0 saturated carbocycles. The zero-order valence-electron chi connectivity index (χ0n) is 4.99. The van der Waals surface area contributed by atoms with Crippen molar-refractivity contribution in [3.05, 3.63) is 0 Å². The molecule has 0 spiro atoms. The topological polar surface area (TPSA) is 12.0 Å². The summed E-state index contributed by atoms with van der Waals surface area (Å²) in [4.78, 5) is 0. The van der Waals surface area contributed by atoms with Gasteiger partial charge in [0.25, 0.3) is 0 Å². The van der Waals surface area contributed by atoms with E-state index in [0.29, 0.717) is 6.54 Å². The van der Waals surface area contributed by atoms with Crippen LogP contribution in [0.1, 0.15) is 19.3 Å². The van der Waals surface area contributed by atoms with Crippen LogP contribution < -0.4 is 5.32 Å². The van der Waals surface area contributed by atoms with Crippen molar-refractivity contribution in [2.24, 2.45) is 0 Å². The van der Waals surface area contributed by atoms with Crippen molar-refractivity contribution in [3.8, 4) is 0 Å². The van der Waals surface area contributed by atoms with E-state index in [0.717, 1.165) is 25.8 Å². The lowest BCUT2D eigenvalue weighted by atomic mass is 10.2. The van der Waals surface area contributed by atoms with Gasteiger partial charge >= 0.3 is 0 Å². The van der Waals surface area contributed by atoms with Crippen LogP contribution in [0.25, 0.3) is 0 Å². The highest BCUT2D eigenvalue weighted by atomic mass is 19.1. The molecular weight excluding hydrogens is 105 g/mol. The average molecular weight is 117 g/mol. The Labute approximate surface area is 49.3 Å². The molecule has 1 fully saturated rings. The zero-order chi connectivity index (χ0) is 5.82. The van der Waals surface area contributed by atoms with Gasteiger partial charge in [-0.1, -0.05) is 0 Å². The maximum atomic E-state index is 12.4. The molecule has 0 unspecified atom stereocenters. The summed E-state index contributed by atoms with van der Waals surface area (Å²) in [7, 11) is 0. The second-order valence-electron chi connectivity index (χ2n) is 2.30. The van der Waals surface area contributed by atoms with Crippen LogP contribution in [0.15, 0.2) is 0 Å². The fourth-order valence-corrected chi connectivity index (χ4v) is 0.977. The molecule has 0 bridgehead atoms. The quantitative estimate of drug-likeness (QED) is 0.501. The Morgan fingerprint density at radius 3 is 3.12 bits per heavy atom. The van der Waals surface area contributed by atoms with Crippen LogP contribution in [-0.4, -0.2) is 19.3 Å². The Hall–Kier alpha value is -0.110. The molecule has 1 N–H and O–H groups in total. The van der Waals surface area contributed by atoms with Crippen LogP contribution in [-0.2, 0) is 0 Å². The molecule has 1 nitrogen and oxygen atoms in total. The third kappa shape index (κ3) is 1.78. The molecule has 1 aliphatic rings. The van der Waals surface area contributed by atoms with Gasteiger partial charge in [-0.3, -0.25) is 0 Å². The molecule has 1 heterocycles. The maximum Gasteiger partial charge on any atom is 0.112 e. The first kappa shape index (κ1) is 6.02. The first-order valence-electron chi connectivity index (χ1n) is 3.24. The molecular formula is C6H12FN. The Kier molecular flexibility index (Phi) is 2.27. The van der Waals surface area contributed by atoms with Crippen LogP contribution in [0.5, 0.6) is 0 Å². The van der Waals surface area contributed by atoms with E-state index in [1.807, 2.05) is 0 Å². The van der Waals surface area contributed by atoms with Crippen molar-refractivity contribution in [3.63, 3.8) is 0 Å². The molecule has 0 aromatic rings. The largest absolute Gasteiger partial charge is 0.314 e. The Morgan fingerprint density at radius 2 is 2.25 bits per heavy atom. The number of hydrogen-bond acceptors (Lipinski definition) is 1. The fraction of sp³-hybridized carbons (Fsp3) is 1.00. The molecule has 0 aliphatic carbocycles. The van der Waals surface area contributed by atoms with Crippen LogP contribution in [0.4, 0.5) is 4.39 Å². The number of halogens is 1. The van der Waals surface area contributed by atoms with Gasteiger partial charge in [0.05, 0.1) is 0 Å².